The lowest BCUT2D eigenvalue weighted by molar-refractivity contribution is -0.306. The fourth-order valence-corrected chi connectivity index (χ4v) is 1.24. The third-order valence-corrected chi connectivity index (χ3v) is 1.90. The lowest BCUT2D eigenvalue weighted by Crippen LogP contribution is -2.38. The van der Waals surface area contributed by atoms with Crippen molar-refractivity contribution in [2.45, 2.75) is 12.6 Å². The van der Waals surface area contributed by atoms with Gasteiger partial charge in [0.1, 0.15) is 11.9 Å². The number of aliphatic hydroxyl groups excluding tert-OH is 1. The van der Waals surface area contributed by atoms with Crippen LogP contribution < -0.4 is 4.74 Å². The molecule has 1 aromatic carbocycles. The van der Waals surface area contributed by atoms with Crippen molar-refractivity contribution in [3.05, 3.63) is 30.3 Å². The summed E-state index contributed by atoms with van der Waals surface area (Å²) in [5.41, 5.74) is 0. The molecule has 0 unspecified atom stereocenters. The van der Waals surface area contributed by atoms with Crippen molar-refractivity contribution in [3.8, 4) is 5.75 Å². The molecule has 1 aromatic rings. The molecule has 1 fully saturated rings. The van der Waals surface area contributed by atoms with Crippen LogP contribution in [0.1, 0.15) is 0 Å². The number of aliphatic hydroxyl groups is 1. The molecule has 0 radical (unpaired) electrons. The van der Waals surface area contributed by atoms with Crippen LogP contribution >= 0.6 is 0 Å². The van der Waals surface area contributed by atoms with Crippen molar-refractivity contribution in [3.63, 3.8) is 0 Å². The fourth-order valence-electron chi connectivity index (χ4n) is 1.24. The van der Waals surface area contributed by atoms with E-state index in [1.807, 2.05) is 30.3 Å². The predicted molar refractivity (Wildman–Crippen MR) is 48.8 cm³/mol. The van der Waals surface area contributed by atoms with Crippen molar-refractivity contribution in [2.24, 2.45) is 0 Å². The zero-order valence-electron chi connectivity index (χ0n) is 7.63. The first-order valence-corrected chi connectivity index (χ1v) is 4.47. The minimum absolute atomic E-state index is 0.152. The highest BCUT2D eigenvalue weighted by molar-refractivity contribution is 5.21. The van der Waals surface area contributed by atoms with E-state index in [4.69, 9.17) is 19.3 Å². The number of benzene rings is 1. The first kappa shape index (κ1) is 9.45. The summed E-state index contributed by atoms with van der Waals surface area (Å²) in [6.45, 7) is -0.419. The van der Waals surface area contributed by atoms with Crippen LogP contribution in [-0.2, 0) is 9.47 Å². The van der Waals surface area contributed by atoms with Gasteiger partial charge < -0.3 is 19.3 Å². The second kappa shape index (κ2) is 4.41. The molecular formula is C10H12O4. The Labute approximate surface area is 82.0 Å². The van der Waals surface area contributed by atoms with Gasteiger partial charge in [0.2, 0.25) is 0 Å². The molecule has 0 atom stereocenters. The largest absolute Gasteiger partial charge is 0.486 e. The summed E-state index contributed by atoms with van der Waals surface area (Å²) >= 11 is 0. The number of hydrogen-bond donors (Lipinski definition) is 1. The van der Waals surface area contributed by atoms with Crippen LogP contribution in [0.5, 0.6) is 5.75 Å². The first-order chi connectivity index (χ1) is 6.84. The van der Waals surface area contributed by atoms with Gasteiger partial charge in [0.15, 0.2) is 0 Å². The van der Waals surface area contributed by atoms with E-state index in [2.05, 4.69) is 0 Å². The number of ether oxygens (including phenoxy) is 3. The molecule has 76 valence electrons. The highest BCUT2D eigenvalue weighted by Gasteiger charge is 2.21. The van der Waals surface area contributed by atoms with E-state index in [1.54, 1.807) is 0 Å². The highest BCUT2D eigenvalue weighted by atomic mass is 16.8. The van der Waals surface area contributed by atoms with Crippen LogP contribution in [0.4, 0.5) is 0 Å². The lowest BCUT2D eigenvalue weighted by atomic mass is 10.3. The molecule has 14 heavy (non-hydrogen) atoms. The van der Waals surface area contributed by atoms with Gasteiger partial charge in [0.25, 0.3) is 6.48 Å². The van der Waals surface area contributed by atoms with Gasteiger partial charge in [0.05, 0.1) is 13.2 Å². The summed E-state index contributed by atoms with van der Waals surface area (Å²) in [5, 5.41) is 8.89. The third-order valence-electron chi connectivity index (χ3n) is 1.90. The van der Waals surface area contributed by atoms with Crippen molar-refractivity contribution < 1.29 is 19.3 Å². The first-order valence-electron chi connectivity index (χ1n) is 4.47. The maximum absolute atomic E-state index is 8.89. The molecular weight excluding hydrogens is 184 g/mol. The van der Waals surface area contributed by atoms with Crippen molar-refractivity contribution in [1.82, 2.24) is 0 Å². The molecule has 1 saturated heterocycles. The number of para-hydroxylation sites is 1. The van der Waals surface area contributed by atoms with E-state index in [-0.39, 0.29) is 6.10 Å². The van der Waals surface area contributed by atoms with Crippen LogP contribution in [0.3, 0.4) is 0 Å². The molecule has 4 nitrogen and oxygen atoms in total. The van der Waals surface area contributed by atoms with Crippen LogP contribution in [-0.4, -0.2) is 30.9 Å². The smallest absolute Gasteiger partial charge is 0.269 e. The van der Waals surface area contributed by atoms with Crippen LogP contribution in [0.25, 0.3) is 0 Å². The second-order valence-corrected chi connectivity index (χ2v) is 3.03. The predicted octanol–water partition coefficient (Wildman–Crippen LogP) is 0.757. The van der Waals surface area contributed by atoms with Crippen molar-refractivity contribution in [2.75, 3.05) is 13.2 Å². The third kappa shape index (κ3) is 2.45. The summed E-state index contributed by atoms with van der Waals surface area (Å²) in [6, 6.07) is 9.45. The van der Waals surface area contributed by atoms with E-state index < -0.39 is 6.48 Å². The van der Waals surface area contributed by atoms with E-state index in [0.717, 1.165) is 5.75 Å². The molecule has 0 aliphatic carbocycles. The van der Waals surface area contributed by atoms with Gasteiger partial charge in [-0.25, -0.2) is 0 Å². The summed E-state index contributed by atoms with van der Waals surface area (Å²) in [4.78, 5) is 0. The van der Waals surface area contributed by atoms with Gasteiger partial charge in [-0.1, -0.05) is 18.2 Å². The summed E-state index contributed by atoms with van der Waals surface area (Å²) in [6.07, 6.45) is -0.152. The molecule has 1 N–H and O–H groups in total. The van der Waals surface area contributed by atoms with Crippen LogP contribution in [0.2, 0.25) is 0 Å². The molecule has 0 saturated carbocycles. The summed E-state index contributed by atoms with van der Waals surface area (Å²) in [7, 11) is 0. The van der Waals surface area contributed by atoms with Crippen LogP contribution in [0, 0.1) is 0 Å². The topological polar surface area (TPSA) is 47.9 Å². The van der Waals surface area contributed by atoms with Gasteiger partial charge >= 0.3 is 0 Å². The normalized spacial score (nSPS) is 27.2. The van der Waals surface area contributed by atoms with Gasteiger partial charge in [-0.2, -0.15) is 0 Å². The zero-order chi connectivity index (χ0) is 9.80. The Morgan fingerprint density at radius 3 is 2.43 bits per heavy atom. The summed E-state index contributed by atoms with van der Waals surface area (Å²) in [5.74, 6) is 0.779. The maximum atomic E-state index is 8.89. The monoisotopic (exact) mass is 196 g/mol. The van der Waals surface area contributed by atoms with Gasteiger partial charge in [-0.05, 0) is 12.1 Å². The molecule has 1 aliphatic rings. The van der Waals surface area contributed by atoms with Gasteiger partial charge in [0, 0.05) is 0 Å². The number of hydrogen-bond acceptors (Lipinski definition) is 4. The number of rotatable bonds is 2. The molecule has 0 spiro atoms. The molecule has 0 amide bonds. The highest BCUT2D eigenvalue weighted by Crippen LogP contribution is 2.14. The molecule has 1 heterocycles. The Morgan fingerprint density at radius 1 is 1.14 bits per heavy atom. The van der Waals surface area contributed by atoms with Gasteiger partial charge in [-0.3, -0.25) is 0 Å². The van der Waals surface area contributed by atoms with E-state index >= 15 is 0 Å². The van der Waals surface area contributed by atoms with E-state index in [1.165, 1.54) is 0 Å². The quantitative estimate of drug-likeness (QED) is 0.758. The average molecular weight is 196 g/mol. The molecule has 4 heteroatoms. The molecule has 1 aliphatic heterocycles. The van der Waals surface area contributed by atoms with Crippen LogP contribution in [0.15, 0.2) is 30.3 Å². The van der Waals surface area contributed by atoms with E-state index in [0.29, 0.717) is 13.2 Å². The molecule has 2 rings (SSSR count). The van der Waals surface area contributed by atoms with Crippen molar-refractivity contribution in [1.29, 1.82) is 0 Å². The molecule has 0 aromatic heterocycles. The minimum atomic E-state index is -1.11. The minimum Gasteiger partial charge on any atom is -0.486 e. The van der Waals surface area contributed by atoms with E-state index in [9.17, 15) is 0 Å². The van der Waals surface area contributed by atoms with Gasteiger partial charge in [-0.15, -0.1) is 0 Å². The standard InChI is InChI=1S/C10H12O4/c11-10-12-6-9(7-13-10)14-8-4-2-1-3-5-8/h1-5,9-11H,6-7H2. The Kier molecular flexibility index (Phi) is 2.98. The second-order valence-electron chi connectivity index (χ2n) is 3.03. The zero-order valence-corrected chi connectivity index (χ0v) is 7.63. The Morgan fingerprint density at radius 2 is 1.79 bits per heavy atom. The fraction of sp³-hybridized carbons (Fsp3) is 0.400. The Balaban J connectivity index is 1.87. The Bertz CT molecular complexity index is 267. The summed E-state index contributed by atoms with van der Waals surface area (Å²) < 4.78 is 15.3. The Hall–Kier alpha value is -1.10. The lowest BCUT2D eigenvalue weighted by Gasteiger charge is -2.26. The van der Waals surface area contributed by atoms with Crippen molar-refractivity contribution >= 4 is 0 Å². The molecule has 0 bridgehead atoms. The average Bonchev–Trinajstić information content (AvgIpc) is 2.23. The SMILES string of the molecule is OC1OCC(Oc2ccccc2)CO1. The maximum Gasteiger partial charge on any atom is 0.269 e.